The lowest BCUT2D eigenvalue weighted by Gasteiger charge is -2.42. The van der Waals surface area contributed by atoms with Crippen molar-refractivity contribution < 1.29 is 9.84 Å². The zero-order chi connectivity index (χ0) is 16.7. The minimum atomic E-state index is -0.220. The van der Waals surface area contributed by atoms with E-state index in [4.69, 9.17) is 14.7 Å². The Labute approximate surface area is 142 Å². The number of hydrogen-bond acceptors (Lipinski definition) is 5. The van der Waals surface area contributed by atoms with Crippen molar-refractivity contribution in [2.24, 2.45) is 0 Å². The highest BCUT2D eigenvalue weighted by atomic mass is 16.5. The summed E-state index contributed by atoms with van der Waals surface area (Å²) in [5, 5.41) is 10.1. The molecule has 0 spiro atoms. The van der Waals surface area contributed by atoms with E-state index in [1.165, 1.54) is 0 Å². The molecule has 2 fully saturated rings. The van der Waals surface area contributed by atoms with Crippen LogP contribution in [0, 0.1) is 6.92 Å². The largest absolute Gasteiger partial charge is 0.393 e. The highest BCUT2D eigenvalue weighted by molar-refractivity contribution is 5.74. The Balaban J connectivity index is 1.62. The van der Waals surface area contributed by atoms with E-state index in [1.807, 2.05) is 38.3 Å². The minimum absolute atomic E-state index is 0.0998. The smallest absolute Gasteiger partial charge is 0.0890 e. The number of likely N-dealkylation sites (tertiary alicyclic amines) is 1. The van der Waals surface area contributed by atoms with Crippen molar-refractivity contribution in [2.75, 3.05) is 13.7 Å². The van der Waals surface area contributed by atoms with Crippen LogP contribution in [0.3, 0.4) is 0 Å². The quantitative estimate of drug-likeness (QED) is 0.938. The molecule has 1 aromatic carbocycles. The number of methoxy groups -OCH3 is 1. The third-order valence-electron chi connectivity index (χ3n) is 5.87. The first-order chi connectivity index (χ1) is 11.6. The van der Waals surface area contributed by atoms with Crippen LogP contribution in [0.5, 0.6) is 0 Å². The molecule has 2 heterocycles. The molecule has 0 unspecified atom stereocenters. The molecule has 0 radical (unpaired) electrons. The van der Waals surface area contributed by atoms with Gasteiger partial charge in [0.25, 0.3) is 0 Å². The highest BCUT2D eigenvalue weighted by Gasteiger charge is 2.50. The third kappa shape index (κ3) is 2.61. The van der Waals surface area contributed by atoms with Gasteiger partial charge in [0.05, 0.1) is 34.1 Å². The van der Waals surface area contributed by atoms with Gasteiger partial charge in [-0.1, -0.05) is 12.1 Å². The number of aliphatic hydroxyl groups is 1. The molecule has 4 rings (SSSR count). The Morgan fingerprint density at radius 2 is 2.00 bits per heavy atom. The van der Waals surface area contributed by atoms with Crippen LogP contribution in [0.1, 0.15) is 37.1 Å². The van der Waals surface area contributed by atoms with Gasteiger partial charge in [-0.25, -0.2) is 9.97 Å². The zero-order valence-corrected chi connectivity index (χ0v) is 14.4. The van der Waals surface area contributed by atoms with E-state index < -0.39 is 0 Å². The number of aromatic nitrogens is 2. The van der Waals surface area contributed by atoms with E-state index in [2.05, 4.69) is 4.90 Å². The number of nitrogens with zero attached hydrogens (tertiary/aromatic N) is 3. The van der Waals surface area contributed by atoms with Gasteiger partial charge in [-0.05, 0) is 44.7 Å². The number of hydrogen-bond donors (Lipinski definition) is 1. The molecule has 0 amide bonds. The van der Waals surface area contributed by atoms with Crippen LogP contribution in [0.15, 0.2) is 24.3 Å². The fraction of sp³-hybridized carbons (Fsp3) is 0.579. The summed E-state index contributed by atoms with van der Waals surface area (Å²) in [5.41, 5.74) is 3.80. The van der Waals surface area contributed by atoms with E-state index in [9.17, 15) is 5.11 Å². The third-order valence-corrected chi connectivity index (χ3v) is 5.87. The van der Waals surface area contributed by atoms with Gasteiger partial charge in [-0.2, -0.15) is 0 Å². The summed E-state index contributed by atoms with van der Waals surface area (Å²) >= 11 is 0. The molecular weight excluding hydrogens is 302 g/mol. The minimum Gasteiger partial charge on any atom is -0.393 e. The number of para-hydroxylation sites is 2. The van der Waals surface area contributed by atoms with Gasteiger partial charge in [0, 0.05) is 26.2 Å². The first-order valence-electron chi connectivity index (χ1n) is 8.81. The number of aryl methyl sites for hydroxylation is 1. The second kappa shape index (κ2) is 6.06. The van der Waals surface area contributed by atoms with Crippen LogP contribution in [0.4, 0.5) is 0 Å². The van der Waals surface area contributed by atoms with E-state index in [-0.39, 0.29) is 17.7 Å². The summed E-state index contributed by atoms with van der Waals surface area (Å²) in [7, 11) is 1.81. The van der Waals surface area contributed by atoms with Gasteiger partial charge in [-0.3, -0.25) is 4.90 Å². The van der Waals surface area contributed by atoms with Gasteiger partial charge in [0.1, 0.15) is 0 Å². The summed E-state index contributed by atoms with van der Waals surface area (Å²) < 4.78 is 5.93. The topological polar surface area (TPSA) is 58.5 Å². The molecular formula is C19H25N3O2. The highest BCUT2D eigenvalue weighted by Crippen LogP contribution is 2.42. The van der Waals surface area contributed by atoms with E-state index >= 15 is 0 Å². The molecule has 0 bridgehead atoms. The summed E-state index contributed by atoms with van der Waals surface area (Å²) in [6, 6.07) is 8.27. The maximum atomic E-state index is 10.1. The molecule has 5 heteroatoms. The van der Waals surface area contributed by atoms with Crippen molar-refractivity contribution in [2.45, 2.75) is 56.9 Å². The number of fused-ring (bicyclic) bond motifs is 2. The van der Waals surface area contributed by atoms with Crippen molar-refractivity contribution in [3.8, 4) is 0 Å². The van der Waals surface area contributed by atoms with Crippen molar-refractivity contribution in [1.82, 2.24) is 14.9 Å². The van der Waals surface area contributed by atoms with Crippen LogP contribution >= 0.6 is 0 Å². The van der Waals surface area contributed by atoms with Gasteiger partial charge in [-0.15, -0.1) is 0 Å². The van der Waals surface area contributed by atoms with Crippen LogP contribution in [0.2, 0.25) is 0 Å². The fourth-order valence-corrected chi connectivity index (χ4v) is 4.43. The van der Waals surface area contributed by atoms with Gasteiger partial charge >= 0.3 is 0 Å². The Kier molecular flexibility index (Phi) is 4.03. The monoisotopic (exact) mass is 327 g/mol. The summed E-state index contributed by atoms with van der Waals surface area (Å²) in [4.78, 5) is 12.0. The first-order valence-corrected chi connectivity index (χ1v) is 8.81. The molecule has 5 nitrogen and oxygen atoms in total. The van der Waals surface area contributed by atoms with Crippen molar-refractivity contribution in [1.29, 1.82) is 0 Å². The number of aliphatic hydroxyl groups excluding tert-OH is 1. The number of rotatable bonds is 3. The molecule has 1 aliphatic heterocycles. The molecule has 1 saturated heterocycles. The first kappa shape index (κ1) is 15.9. The summed E-state index contributed by atoms with van der Waals surface area (Å²) in [6.07, 6.45) is 3.37. The Bertz CT molecular complexity index is 750. The Morgan fingerprint density at radius 1 is 1.25 bits per heavy atom. The molecule has 24 heavy (non-hydrogen) atoms. The van der Waals surface area contributed by atoms with Crippen LogP contribution in [-0.4, -0.2) is 51.4 Å². The molecule has 3 atom stereocenters. The molecule has 1 aliphatic carbocycles. The Hall–Kier alpha value is -1.56. The zero-order valence-electron chi connectivity index (χ0n) is 14.4. The van der Waals surface area contributed by atoms with Gasteiger partial charge in [0.2, 0.25) is 0 Å². The fourth-order valence-electron chi connectivity index (χ4n) is 4.43. The normalized spacial score (nSPS) is 30.6. The van der Waals surface area contributed by atoms with Crippen LogP contribution in [-0.2, 0) is 11.3 Å². The SMILES string of the molecule is CO[C@@]12CC[C@H](O)C[C@@H]1N(Cc1nc3ccccc3nc1C)CC2. The average Bonchev–Trinajstić information content (AvgIpc) is 2.94. The molecule has 1 saturated carbocycles. The molecule has 1 N–H and O–H groups in total. The molecule has 1 aromatic heterocycles. The number of benzene rings is 1. The van der Waals surface area contributed by atoms with Crippen molar-refractivity contribution >= 4 is 11.0 Å². The van der Waals surface area contributed by atoms with Crippen molar-refractivity contribution in [3.63, 3.8) is 0 Å². The van der Waals surface area contributed by atoms with Crippen LogP contribution < -0.4 is 0 Å². The predicted octanol–water partition coefficient (Wildman–Crippen LogP) is 2.44. The summed E-state index contributed by atoms with van der Waals surface area (Å²) in [5.74, 6) is 0. The maximum absolute atomic E-state index is 10.1. The molecule has 2 aliphatic rings. The van der Waals surface area contributed by atoms with E-state index in [0.29, 0.717) is 0 Å². The number of ether oxygens (including phenoxy) is 1. The lowest BCUT2D eigenvalue weighted by molar-refractivity contribution is -0.0880. The lowest BCUT2D eigenvalue weighted by Crippen LogP contribution is -2.51. The predicted molar refractivity (Wildman–Crippen MR) is 92.7 cm³/mol. The molecule has 2 aromatic rings. The maximum Gasteiger partial charge on any atom is 0.0890 e. The van der Waals surface area contributed by atoms with Crippen LogP contribution in [0.25, 0.3) is 11.0 Å². The van der Waals surface area contributed by atoms with E-state index in [0.717, 1.165) is 61.2 Å². The molecule has 128 valence electrons. The second-order valence-corrected chi connectivity index (χ2v) is 7.18. The average molecular weight is 327 g/mol. The van der Waals surface area contributed by atoms with Crippen molar-refractivity contribution in [3.05, 3.63) is 35.7 Å². The van der Waals surface area contributed by atoms with Gasteiger partial charge in [0.15, 0.2) is 0 Å². The van der Waals surface area contributed by atoms with E-state index in [1.54, 1.807) is 0 Å². The lowest BCUT2D eigenvalue weighted by atomic mass is 9.79. The standard InChI is InChI=1S/C19H25N3O2/c1-13-17(21-16-6-4-3-5-15(16)20-13)12-22-10-9-19(24-2)8-7-14(23)11-18(19)22/h3-6,14,18,23H,7-12H2,1-2H3/t14-,18-,19+/m0/s1. The second-order valence-electron chi connectivity index (χ2n) is 7.18. The summed E-state index contributed by atoms with van der Waals surface area (Å²) in [6.45, 7) is 3.79. The van der Waals surface area contributed by atoms with Gasteiger partial charge < -0.3 is 9.84 Å². The Morgan fingerprint density at radius 3 is 2.75 bits per heavy atom.